The van der Waals surface area contributed by atoms with Crippen molar-refractivity contribution in [1.82, 2.24) is 9.21 Å². The summed E-state index contributed by atoms with van der Waals surface area (Å²) in [6.45, 7) is 6.74. The van der Waals surface area contributed by atoms with E-state index in [4.69, 9.17) is 4.74 Å². The molecule has 1 fully saturated rings. The van der Waals surface area contributed by atoms with Crippen LogP contribution >= 0.6 is 0 Å². The van der Waals surface area contributed by atoms with E-state index in [-0.39, 0.29) is 16.9 Å². The molecule has 0 N–H and O–H groups in total. The van der Waals surface area contributed by atoms with Gasteiger partial charge in [0, 0.05) is 26.2 Å². The van der Waals surface area contributed by atoms with Crippen molar-refractivity contribution in [2.24, 2.45) is 0 Å². The number of amides is 1. The molecule has 0 saturated carbocycles. The zero-order chi connectivity index (χ0) is 17.4. The molecule has 23 heavy (non-hydrogen) atoms. The highest BCUT2D eigenvalue weighted by Crippen LogP contribution is 2.25. The normalized spacial score (nSPS) is 21.5. The lowest BCUT2D eigenvalue weighted by atomic mass is 9.99. The van der Waals surface area contributed by atoms with Crippen LogP contribution in [0.2, 0.25) is 0 Å². The molecule has 1 heterocycles. The SMILES string of the molecule is CC1CN(C(=O)c2cccc(S(=O)(=O)N(C)C)c2)C(C)(C)CO1. The molecule has 1 aromatic rings. The molecule has 0 spiro atoms. The summed E-state index contributed by atoms with van der Waals surface area (Å²) in [4.78, 5) is 14.7. The molecule has 0 aliphatic carbocycles. The highest BCUT2D eigenvalue weighted by atomic mass is 32.2. The minimum atomic E-state index is -3.57. The largest absolute Gasteiger partial charge is 0.374 e. The van der Waals surface area contributed by atoms with Crippen molar-refractivity contribution in [2.75, 3.05) is 27.2 Å². The minimum Gasteiger partial charge on any atom is -0.374 e. The number of carbonyl (C=O) groups is 1. The van der Waals surface area contributed by atoms with E-state index in [2.05, 4.69) is 0 Å². The Balaban J connectivity index is 2.37. The van der Waals surface area contributed by atoms with Crippen molar-refractivity contribution in [3.63, 3.8) is 0 Å². The number of carbonyl (C=O) groups excluding carboxylic acids is 1. The molecule has 0 bridgehead atoms. The predicted molar refractivity (Wildman–Crippen MR) is 87.8 cm³/mol. The van der Waals surface area contributed by atoms with Crippen LogP contribution < -0.4 is 0 Å². The Kier molecular flexibility index (Phi) is 4.84. The number of nitrogens with zero attached hydrogens (tertiary/aromatic N) is 2. The van der Waals surface area contributed by atoms with Crippen LogP contribution in [0.1, 0.15) is 31.1 Å². The Morgan fingerprint density at radius 2 is 2.00 bits per heavy atom. The molecule has 1 aliphatic heterocycles. The van der Waals surface area contributed by atoms with Crippen molar-refractivity contribution >= 4 is 15.9 Å². The first-order valence-corrected chi connectivity index (χ1v) is 8.96. The molecule has 1 atom stereocenters. The average Bonchev–Trinajstić information content (AvgIpc) is 2.49. The van der Waals surface area contributed by atoms with Gasteiger partial charge in [-0.15, -0.1) is 0 Å². The van der Waals surface area contributed by atoms with Crippen molar-refractivity contribution in [3.8, 4) is 0 Å². The highest BCUT2D eigenvalue weighted by molar-refractivity contribution is 7.89. The van der Waals surface area contributed by atoms with Crippen LogP contribution in [0.3, 0.4) is 0 Å². The van der Waals surface area contributed by atoms with E-state index in [9.17, 15) is 13.2 Å². The van der Waals surface area contributed by atoms with E-state index < -0.39 is 15.6 Å². The number of hydrogen-bond acceptors (Lipinski definition) is 4. The second-order valence-corrected chi connectivity index (χ2v) is 8.82. The second kappa shape index (κ2) is 6.22. The Morgan fingerprint density at radius 1 is 1.35 bits per heavy atom. The molecule has 128 valence electrons. The number of ether oxygens (including phenoxy) is 1. The summed E-state index contributed by atoms with van der Waals surface area (Å²) in [6.07, 6.45) is -0.0411. The number of rotatable bonds is 3. The van der Waals surface area contributed by atoms with Crippen LogP contribution in [0.25, 0.3) is 0 Å². The maximum absolute atomic E-state index is 12.9. The fourth-order valence-corrected chi connectivity index (χ4v) is 3.44. The summed E-state index contributed by atoms with van der Waals surface area (Å²) in [5.74, 6) is -0.180. The van der Waals surface area contributed by atoms with Gasteiger partial charge in [-0.3, -0.25) is 4.79 Å². The average molecular weight is 340 g/mol. The van der Waals surface area contributed by atoms with Crippen molar-refractivity contribution in [3.05, 3.63) is 29.8 Å². The van der Waals surface area contributed by atoms with Gasteiger partial charge < -0.3 is 9.64 Å². The lowest BCUT2D eigenvalue weighted by Gasteiger charge is -2.44. The summed E-state index contributed by atoms with van der Waals surface area (Å²) >= 11 is 0. The van der Waals surface area contributed by atoms with E-state index in [1.54, 1.807) is 17.0 Å². The van der Waals surface area contributed by atoms with E-state index in [0.29, 0.717) is 18.7 Å². The summed E-state index contributed by atoms with van der Waals surface area (Å²) in [6, 6.07) is 6.18. The maximum atomic E-state index is 12.9. The van der Waals surface area contributed by atoms with E-state index >= 15 is 0 Å². The van der Waals surface area contributed by atoms with Gasteiger partial charge in [-0.05, 0) is 39.0 Å². The van der Waals surface area contributed by atoms with E-state index in [1.165, 1.54) is 26.2 Å². The molecule has 1 saturated heterocycles. The number of morpholine rings is 1. The summed E-state index contributed by atoms with van der Waals surface area (Å²) in [7, 11) is -0.628. The lowest BCUT2D eigenvalue weighted by Crippen LogP contribution is -2.57. The monoisotopic (exact) mass is 340 g/mol. The third-order valence-corrected chi connectivity index (χ3v) is 5.81. The number of hydrogen-bond donors (Lipinski definition) is 0. The van der Waals surface area contributed by atoms with Crippen LogP contribution in [0, 0.1) is 0 Å². The molecule has 2 rings (SSSR count). The number of benzene rings is 1. The topological polar surface area (TPSA) is 66.9 Å². The van der Waals surface area contributed by atoms with Gasteiger partial charge in [-0.1, -0.05) is 6.07 Å². The fraction of sp³-hybridized carbons (Fsp3) is 0.562. The Bertz CT molecular complexity index is 698. The molecule has 6 nitrogen and oxygen atoms in total. The molecule has 1 unspecified atom stereocenters. The first kappa shape index (κ1) is 17.9. The minimum absolute atomic E-state index is 0.0411. The van der Waals surface area contributed by atoms with Crippen molar-refractivity contribution in [1.29, 1.82) is 0 Å². The van der Waals surface area contributed by atoms with Gasteiger partial charge in [0.15, 0.2) is 0 Å². The van der Waals surface area contributed by atoms with Gasteiger partial charge in [0.1, 0.15) is 0 Å². The van der Waals surface area contributed by atoms with Crippen LogP contribution in [-0.2, 0) is 14.8 Å². The maximum Gasteiger partial charge on any atom is 0.254 e. The number of sulfonamides is 1. The Morgan fingerprint density at radius 3 is 2.61 bits per heavy atom. The van der Waals surface area contributed by atoms with Crippen LogP contribution in [0.5, 0.6) is 0 Å². The summed E-state index contributed by atoms with van der Waals surface area (Å²) in [5.41, 5.74) is -0.0601. The predicted octanol–water partition coefficient (Wildman–Crippen LogP) is 1.58. The van der Waals surface area contributed by atoms with Gasteiger partial charge in [0.2, 0.25) is 10.0 Å². The molecule has 0 aromatic heterocycles. The van der Waals surface area contributed by atoms with Crippen LogP contribution in [0.15, 0.2) is 29.2 Å². The molecule has 0 radical (unpaired) electrons. The van der Waals surface area contributed by atoms with E-state index in [0.717, 1.165) is 4.31 Å². The standard InChI is InChI=1S/C16H24N2O4S/c1-12-10-18(16(2,3)11-22-12)15(19)13-7-6-8-14(9-13)23(20,21)17(4)5/h6-9,12H,10-11H2,1-5H3. The van der Waals surface area contributed by atoms with Gasteiger partial charge in [-0.2, -0.15) is 0 Å². The third-order valence-electron chi connectivity index (χ3n) is 4.00. The molecule has 7 heteroatoms. The first-order chi connectivity index (χ1) is 10.6. The highest BCUT2D eigenvalue weighted by Gasteiger charge is 2.37. The molecule has 1 aromatic carbocycles. The lowest BCUT2D eigenvalue weighted by molar-refractivity contribution is -0.0756. The first-order valence-electron chi connectivity index (χ1n) is 7.52. The zero-order valence-electron chi connectivity index (χ0n) is 14.2. The fourth-order valence-electron chi connectivity index (χ4n) is 2.50. The van der Waals surface area contributed by atoms with Crippen LogP contribution in [-0.4, -0.2) is 62.4 Å². The zero-order valence-corrected chi connectivity index (χ0v) is 15.1. The molecular formula is C16H24N2O4S. The summed E-state index contributed by atoms with van der Waals surface area (Å²) < 4.78 is 31.2. The third kappa shape index (κ3) is 3.57. The van der Waals surface area contributed by atoms with E-state index in [1.807, 2.05) is 20.8 Å². The molecule has 1 amide bonds. The smallest absolute Gasteiger partial charge is 0.254 e. The quantitative estimate of drug-likeness (QED) is 0.838. The molecular weight excluding hydrogens is 316 g/mol. The van der Waals surface area contributed by atoms with Crippen molar-refractivity contribution in [2.45, 2.75) is 37.3 Å². The van der Waals surface area contributed by atoms with Gasteiger partial charge in [0.25, 0.3) is 5.91 Å². The Labute approximate surface area is 138 Å². The van der Waals surface area contributed by atoms with Gasteiger partial charge >= 0.3 is 0 Å². The second-order valence-electron chi connectivity index (χ2n) is 6.67. The van der Waals surface area contributed by atoms with Crippen molar-refractivity contribution < 1.29 is 17.9 Å². The van der Waals surface area contributed by atoms with Crippen LogP contribution in [0.4, 0.5) is 0 Å². The molecule has 1 aliphatic rings. The van der Waals surface area contributed by atoms with Gasteiger partial charge in [0.05, 0.1) is 23.1 Å². The Hall–Kier alpha value is -1.44. The summed E-state index contributed by atoms with van der Waals surface area (Å²) in [5, 5.41) is 0. The van der Waals surface area contributed by atoms with Gasteiger partial charge in [-0.25, -0.2) is 12.7 Å².